The first-order chi connectivity index (χ1) is 8.95. The van der Waals surface area contributed by atoms with Crippen molar-refractivity contribution in [2.45, 2.75) is 19.8 Å². The fourth-order valence-corrected chi connectivity index (χ4v) is 1.87. The quantitative estimate of drug-likeness (QED) is 0.814. The molecule has 0 aliphatic carbocycles. The number of carbonyl (C=O) groups is 1. The van der Waals surface area contributed by atoms with E-state index in [1.165, 1.54) is 11.0 Å². The third kappa shape index (κ3) is 4.55. The first kappa shape index (κ1) is 15.5. The maximum absolute atomic E-state index is 13.5. The van der Waals surface area contributed by atoms with Crippen LogP contribution in [0.1, 0.15) is 18.9 Å². The van der Waals surface area contributed by atoms with Gasteiger partial charge in [0.25, 0.3) is 0 Å². The molecule has 0 spiro atoms. The van der Waals surface area contributed by atoms with E-state index in [2.05, 4.69) is 0 Å². The van der Waals surface area contributed by atoms with Crippen LogP contribution in [0.5, 0.6) is 0 Å². The van der Waals surface area contributed by atoms with Gasteiger partial charge in [-0.25, -0.2) is 8.78 Å². The van der Waals surface area contributed by atoms with E-state index in [-0.39, 0.29) is 23.5 Å². The molecule has 0 aliphatic rings. The molecule has 1 aromatic rings. The van der Waals surface area contributed by atoms with Crippen LogP contribution >= 0.6 is 12.2 Å². The Morgan fingerprint density at radius 2 is 1.95 bits per heavy atom. The Hall–Kier alpha value is -1.56. The Morgan fingerprint density at radius 1 is 1.37 bits per heavy atom. The SMILES string of the molecule is CCCN(CC(N)=S)C(=O)Cc1c(F)cccc1F. The first-order valence-corrected chi connectivity index (χ1v) is 6.35. The van der Waals surface area contributed by atoms with Gasteiger partial charge in [-0.3, -0.25) is 4.79 Å². The zero-order valence-electron chi connectivity index (χ0n) is 10.7. The number of amides is 1. The fourth-order valence-electron chi connectivity index (χ4n) is 1.71. The Morgan fingerprint density at radius 3 is 2.42 bits per heavy atom. The maximum atomic E-state index is 13.5. The van der Waals surface area contributed by atoms with Gasteiger partial charge >= 0.3 is 0 Å². The largest absolute Gasteiger partial charge is 0.392 e. The van der Waals surface area contributed by atoms with Crippen LogP contribution in [0, 0.1) is 11.6 Å². The Bertz CT molecular complexity index is 459. The predicted molar refractivity (Wildman–Crippen MR) is 73.7 cm³/mol. The van der Waals surface area contributed by atoms with Gasteiger partial charge in [-0.1, -0.05) is 25.2 Å². The van der Waals surface area contributed by atoms with Crippen molar-refractivity contribution < 1.29 is 13.6 Å². The lowest BCUT2D eigenvalue weighted by molar-refractivity contribution is -0.129. The van der Waals surface area contributed by atoms with Gasteiger partial charge in [0, 0.05) is 12.1 Å². The zero-order chi connectivity index (χ0) is 14.4. The molecule has 0 heterocycles. The molecule has 19 heavy (non-hydrogen) atoms. The van der Waals surface area contributed by atoms with Crippen molar-refractivity contribution in [3.8, 4) is 0 Å². The Kier molecular flexibility index (Phi) is 5.82. The van der Waals surface area contributed by atoms with Gasteiger partial charge in [-0.2, -0.15) is 0 Å². The molecule has 0 unspecified atom stereocenters. The van der Waals surface area contributed by atoms with Crippen LogP contribution in [0.2, 0.25) is 0 Å². The summed E-state index contributed by atoms with van der Waals surface area (Å²) in [6.07, 6.45) is 0.384. The topological polar surface area (TPSA) is 46.3 Å². The van der Waals surface area contributed by atoms with E-state index in [0.717, 1.165) is 12.1 Å². The van der Waals surface area contributed by atoms with E-state index >= 15 is 0 Å². The van der Waals surface area contributed by atoms with Crippen LogP contribution in [0.15, 0.2) is 18.2 Å². The number of thiocarbonyl (C=S) groups is 1. The molecule has 2 N–H and O–H groups in total. The monoisotopic (exact) mass is 286 g/mol. The van der Waals surface area contributed by atoms with Gasteiger partial charge in [-0.15, -0.1) is 0 Å². The molecule has 0 aromatic heterocycles. The highest BCUT2D eigenvalue weighted by Crippen LogP contribution is 2.14. The second-order valence-electron chi connectivity index (χ2n) is 4.16. The van der Waals surface area contributed by atoms with Gasteiger partial charge in [-0.05, 0) is 18.6 Å². The van der Waals surface area contributed by atoms with Crippen molar-refractivity contribution in [2.24, 2.45) is 5.73 Å². The minimum Gasteiger partial charge on any atom is -0.392 e. The normalized spacial score (nSPS) is 10.3. The summed E-state index contributed by atoms with van der Waals surface area (Å²) in [4.78, 5) is 13.6. The van der Waals surface area contributed by atoms with Crippen LogP contribution in [-0.2, 0) is 11.2 Å². The molecule has 0 saturated carbocycles. The van der Waals surface area contributed by atoms with Gasteiger partial charge in [0.05, 0.1) is 18.0 Å². The van der Waals surface area contributed by atoms with Crippen molar-refractivity contribution >= 4 is 23.1 Å². The van der Waals surface area contributed by atoms with Crippen LogP contribution in [-0.4, -0.2) is 28.9 Å². The van der Waals surface area contributed by atoms with E-state index in [4.69, 9.17) is 18.0 Å². The fraction of sp³-hybridized carbons (Fsp3) is 0.385. The molecule has 0 radical (unpaired) electrons. The van der Waals surface area contributed by atoms with E-state index in [9.17, 15) is 13.6 Å². The van der Waals surface area contributed by atoms with Gasteiger partial charge in [0.1, 0.15) is 11.6 Å². The number of rotatable bonds is 6. The lowest BCUT2D eigenvalue weighted by Gasteiger charge is -2.21. The molecule has 104 valence electrons. The summed E-state index contributed by atoms with van der Waals surface area (Å²) >= 11 is 4.76. The molecule has 1 rings (SSSR count). The summed E-state index contributed by atoms with van der Waals surface area (Å²) in [5, 5.41) is 0. The van der Waals surface area contributed by atoms with Crippen LogP contribution in [0.3, 0.4) is 0 Å². The molecule has 0 saturated heterocycles. The Labute approximate surface area is 116 Å². The number of hydrogen-bond acceptors (Lipinski definition) is 2. The van der Waals surface area contributed by atoms with Crippen LogP contribution in [0.4, 0.5) is 8.78 Å². The van der Waals surface area contributed by atoms with Gasteiger partial charge < -0.3 is 10.6 Å². The van der Waals surface area contributed by atoms with Crippen LogP contribution < -0.4 is 5.73 Å². The Balaban J connectivity index is 2.84. The van der Waals surface area contributed by atoms with E-state index < -0.39 is 17.5 Å². The number of carbonyl (C=O) groups excluding carboxylic acids is 1. The number of nitrogens with two attached hydrogens (primary N) is 1. The standard InChI is InChI=1S/C13H16F2N2OS/c1-2-6-17(8-12(16)19)13(18)7-9-10(14)4-3-5-11(9)15/h3-5H,2,6-8H2,1H3,(H2,16,19). The highest BCUT2D eigenvalue weighted by Gasteiger charge is 2.18. The van der Waals surface area contributed by atoms with Gasteiger partial charge in [0.2, 0.25) is 5.91 Å². The molecule has 3 nitrogen and oxygen atoms in total. The molecular weight excluding hydrogens is 270 g/mol. The van der Waals surface area contributed by atoms with E-state index in [1.54, 1.807) is 0 Å². The molecular formula is C13H16F2N2OS. The van der Waals surface area contributed by atoms with E-state index in [0.29, 0.717) is 13.0 Å². The summed E-state index contributed by atoms with van der Waals surface area (Å²) in [5.41, 5.74) is 5.18. The molecule has 0 bridgehead atoms. The highest BCUT2D eigenvalue weighted by atomic mass is 32.1. The highest BCUT2D eigenvalue weighted by molar-refractivity contribution is 7.80. The second-order valence-corrected chi connectivity index (χ2v) is 4.68. The number of nitrogens with zero attached hydrogens (tertiary/aromatic N) is 1. The lowest BCUT2D eigenvalue weighted by Crippen LogP contribution is -2.39. The van der Waals surface area contributed by atoms with Crippen molar-refractivity contribution in [3.05, 3.63) is 35.4 Å². The molecule has 1 amide bonds. The molecule has 0 atom stereocenters. The smallest absolute Gasteiger partial charge is 0.227 e. The number of benzene rings is 1. The minimum atomic E-state index is -0.722. The summed E-state index contributed by atoms with van der Waals surface area (Å²) in [6, 6.07) is 3.52. The number of hydrogen-bond donors (Lipinski definition) is 1. The third-order valence-corrected chi connectivity index (χ3v) is 2.71. The van der Waals surface area contributed by atoms with Crippen molar-refractivity contribution in [1.82, 2.24) is 4.90 Å². The third-order valence-electron chi connectivity index (χ3n) is 2.58. The molecule has 0 fully saturated rings. The zero-order valence-corrected chi connectivity index (χ0v) is 11.5. The molecule has 0 aliphatic heterocycles. The van der Waals surface area contributed by atoms with Crippen molar-refractivity contribution in [1.29, 1.82) is 0 Å². The van der Waals surface area contributed by atoms with Crippen molar-refractivity contribution in [3.63, 3.8) is 0 Å². The van der Waals surface area contributed by atoms with Crippen molar-refractivity contribution in [2.75, 3.05) is 13.1 Å². The summed E-state index contributed by atoms with van der Waals surface area (Å²) in [7, 11) is 0. The number of halogens is 2. The maximum Gasteiger partial charge on any atom is 0.227 e. The second kappa shape index (κ2) is 7.13. The molecule has 1 aromatic carbocycles. The predicted octanol–water partition coefficient (Wildman–Crippen LogP) is 2.03. The van der Waals surface area contributed by atoms with Gasteiger partial charge in [0.15, 0.2) is 0 Å². The minimum absolute atomic E-state index is 0.123. The average Bonchev–Trinajstić information content (AvgIpc) is 2.32. The van der Waals surface area contributed by atoms with Crippen LogP contribution in [0.25, 0.3) is 0 Å². The van der Waals surface area contributed by atoms with E-state index in [1.807, 2.05) is 6.92 Å². The average molecular weight is 286 g/mol. The lowest BCUT2D eigenvalue weighted by atomic mass is 10.1. The summed E-state index contributed by atoms with van der Waals surface area (Å²) in [6.45, 7) is 2.47. The molecule has 6 heteroatoms. The summed E-state index contributed by atoms with van der Waals surface area (Å²) in [5.74, 6) is -1.83. The summed E-state index contributed by atoms with van der Waals surface area (Å²) < 4.78 is 26.9. The first-order valence-electron chi connectivity index (χ1n) is 5.94.